The van der Waals surface area contributed by atoms with E-state index in [1.54, 1.807) is 35.0 Å². The van der Waals surface area contributed by atoms with E-state index >= 15 is 0 Å². The van der Waals surface area contributed by atoms with Gasteiger partial charge >= 0.3 is 0 Å². The average Bonchev–Trinajstić information content (AvgIpc) is 3.10. The van der Waals surface area contributed by atoms with Crippen molar-refractivity contribution in [3.8, 4) is 28.5 Å². The van der Waals surface area contributed by atoms with Crippen molar-refractivity contribution in [3.63, 3.8) is 0 Å². The van der Waals surface area contributed by atoms with Crippen LogP contribution in [0.1, 0.15) is 42.5 Å². The molecule has 0 fully saturated rings. The molecule has 32 heavy (non-hydrogen) atoms. The van der Waals surface area contributed by atoms with Crippen molar-refractivity contribution < 1.29 is 4.79 Å². The molecule has 0 unspecified atom stereocenters. The van der Waals surface area contributed by atoms with Crippen LogP contribution in [-0.4, -0.2) is 31.0 Å². The minimum atomic E-state index is -0.395. The van der Waals surface area contributed by atoms with E-state index in [1.807, 2.05) is 45.9 Å². The van der Waals surface area contributed by atoms with Crippen molar-refractivity contribution in [1.82, 2.24) is 24.9 Å². The number of amides is 1. The molecule has 1 aromatic carbocycles. The Hall–Kier alpha value is -4.25. The Labute approximate surface area is 185 Å². The zero-order chi connectivity index (χ0) is 23.0. The zero-order valence-electron chi connectivity index (χ0n) is 18.3. The van der Waals surface area contributed by atoms with Crippen LogP contribution >= 0.6 is 0 Å². The first-order chi connectivity index (χ1) is 15.1. The summed E-state index contributed by atoms with van der Waals surface area (Å²) in [4.78, 5) is 21.7. The molecule has 0 saturated heterocycles. The summed E-state index contributed by atoms with van der Waals surface area (Å²) < 4.78 is 1.63. The molecule has 0 bridgehead atoms. The monoisotopic (exact) mass is 425 g/mol. The average molecular weight is 425 g/mol. The van der Waals surface area contributed by atoms with Gasteiger partial charge in [-0.25, -0.2) is 14.5 Å². The molecule has 3 N–H and O–H groups in total. The summed E-state index contributed by atoms with van der Waals surface area (Å²) in [5.74, 6) is 0.100. The van der Waals surface area contributed by atoms with Gasteiger partial charge in [0.25, 0.3) is 5.91 Å². The molecule has 8 nitrogen and oxygen atoms in total. The first kappa shape index (κ1) is 21.0. The van der Waals surface area contributed by atoms with Crippen molar-refractivity contribution in [2.75, 3.05) is 5.73 Å². The highest BCUT2D eigenvalue weighted by molar-refractivity contribution is 5.96. The number of aromatic nitrogens is 4. The van der Waals surface area contributed by atoms with Crippen LogP contribution in [-0.2, 0) is 0 Å². The van der Waals surface area contributed by atoms with Gasteiger partial charge in [-0.3, -0.25) is 4.79 Å². The molecule has 4 aromatic rings. The molecule has 4 rings (SSSR count). The van der Waals surface area contributed by atoms with Crippen LogP contribution in [0.15, 0.2) is 48.7 Å². The normalized spacial score (nSPS) is 11.3. The lowest BCUT2D eigenvalue weighted by Gasteiger charge is -2.20. The fourth-order valence-corrected chi connectivity index (χ4v) is 3.50. The number of fused-ring (bicyclic) bond motifs is 1. The Bertz CT molecular complexity index is 1370. The molecule has 160 valence electrons. The van der Waals surface area contributed by atoms with Crippen molar-refractivity contribution >= 4 is 17.4 Å². The molecule has 3 aromatic heterocycles. The summed E-state index contributed by atoms with van der Waals surface area (Å²) >= 11 is 0. The number of nitrogens with two attached hydrogens (primary N) is 1. The van der Waals surface area contributed by atoms with Gasteiger partial charge in [-0.2, -0.15) is 10.4 Å². The second-order valence-corrected chi connectivity index (χ2v) is 8.62. The second kappa shape index (κ2) is 7.78. The number of nitrogens with zero attached hydrogens (tertiary/aromatic N) is 5. The number of anilines is 1. The van der Waals surface area contributed by atoms with Gasteiger partial charge in [0, 0.05) is 23.0 Å². The van der Waals surface area contributed by atoms with Crippen molar-refractivity contribution in [2.45, 2.75) is 33.2 Å². The van der Waals surface area contributed by atoms with Crippen LogP contribution in [0, 0.1) is 18.3 Å². The quantitative estimate of drug-likeness (QED) is 0.515. The maximum atomic E-state index is 12.8. The molecule has 0 saturated carbocycles. The van der Waals surface area contributed by atoms with Crippen LogP contribution in [0.2, 0.25) is 0 Å². The largest absolute Gasteiger partial charge is 0.384 e. The summed E-state index contributed by atoms with van der Waals surface area (Å²) in [6.45, 7) is 7.60. The van der Waals surface area contributed by atoms with Gasteiger partial charge in [-0.1, -0.05) is 12.1 Å². The number of nitriles is 1. The Morgan fingerprint density at radius 2 is 1.91 bits per heavy atom. The third-order valence-electron chi connectivity index (χ3n) is 4.73. The lowest BCUT2D eigenvalue weighted by atomic mass is 10.00. The molecule has 0 aliphatic heterocycles. The molecule has 1 amide bonds. The molecule has 8 heteroatoms. The second-order valence-electron chi connectivity index (χ2n) is 8.62. The lowest BCUT2D eigenvalue weighted by molar-refractivity contribution is 0.0914. The van der Waals surface area contributed by atoms with Crippen LogP contribution in [0.25, 0.3) is 28.0 Å². The number of carbonyl (C=O) groups is 1. The van der Waals surface area contributed by atoms with Gasteiger partial charge in [0.2, 0.25) is 0 Å². The molecule has 0 aliphatic carbocycles. The van der Waals surface area contributed by atoms with Gasteiger partial charge < -0.3 is 11.1 Å². The highest BCUT2D eigenvalue weighted by atomic mass is 16.2. The van der Waals surface area contributed by atoms with Crippen molar-refractivity contribution in [1.29, 1.82) is 5.26 Å². The minimum absolute atomic E-state index is 0.273. The smallest absolute Gasteiger partial charge is 0.270 e. The fourth-order valence-electron chi connectivity index (χ4n) is 3.50. The molecular formula is C24H23N7O. The SMILES string of the molecule is Cc1cc(-c2c(-c3cccc(C#N)c3)nn3ccc(C(=O)NC(C)(C)C)nc23)cc(N)n1. The van der Waals surface area contributed by atoms with E-state index in [4.69, 9.17) is 10.8 Å². The molecule has 0 radical (unpaired) electrons. The molecule has 0 spiro atoms. The van der Waals surface area contributed by atoms with E-state index in [9.17, 15) is 10.1 Å². The molecular weight excluding hydrogens is 402 g/mol. The maximum Gasteiger partial charge on any atom is 0.270 e. The Kier molecular flexibility index (Phi) is 5.11. The zero-order valence-corrected chi connectivity index (χ0v) is 18.3. The summed E-state index contributed by atoms with van der Waals surface area (Å²) in [5, 5.41) is 17.0. The van der Waals surface area contributed by atoms with Crippen molar-refractivity contribution in [3.05, 3.63) is 65.6 Å². The topological polar surface area (TPSA) is 122 Å². The highest BCUT2D eigenvalue weighted by Gasteiger charge is 2.22. The van der Waals surface area contributed by atoms with Gasteiger partial charge in [-0.05, 0) is 63.6 Å². The Morgan fingerprint density at radius 1 is 1.12 bits per heavy atom. The first-order valence-corrected chi connectivity index (χ1v) is 10.1. The number of hydrogen-bond acceptors (Lipinski definition) is 6. The number of rotatable bonds is 3. The number of pyridine rings is 1. The number of hydrogen-bond donors (Lipinski definition) is 2. The number of nitrogens with one attached hydrogen (secondary N) is 1. The predicted octanol–water partition coefficient (Wildman–Crippen LogP) is 3.75. The van der Waals surface area contributed by atoms with E-state index in [-0.39, 0.29) is 11.6 Å². The Morgan fingerprint density at radius 3 is 2.59 bits per heavy atom. The highest BCUT2D eigenvalue weighted by Crippen LogP contribution is 2.35. The van der Waals surface area contributed by atoms with Crippen LogP contribution < -0.4 is 11.1 Å². The summed E-state index contributed by atoms with van der Waals surface area (Å²) in [5.41, 5.74) is 10.6. The Balaban J connectivity index is 1.99. The standard InChI is InChI=1S/C24H23N7O/c1-14-10-17(12-19(26)27-14)20-21(16-7-5-6-15(11-16)13-25)30-31-9-8-18(28-22(20)31)23(32)29-24(2,3)4/h5-12H,1-4H3,(H2,26,27)(H,29,32). The number of carbonyl (C=O) groups excluding carboxylic acids is 1. The molecule has 0 aliphatic rings. The van der Waals surface area contributed by atoms with E-state index in [2.05, 4.69) is 21.4 Å². The molecule has 3 heterocycles. The predicted molar refractivity (Wildman–Crippen MR) is 123 cm³/mol. The van der Waals surface area contributed by atoms with Crippen molar-refractivity contribution in [2.24, 2.45) is 0 Å². The van der Waals surface area contributed by atoms with E-state index < -0.39 is 5.54 Å². The summed E-state index contributed by atoms with van der Waals surface area (Å²) in [6.07, 6.45) is 1.71. The number of aryl methyl sites for hydroxylation is 1. The molecule has 0 atom stereocenters. The minimum Gasteiger partial charge on any atom is -0.384 e. The summed E-state index contributed by atoms with van der Waals surface area (Å²) in [7, 11) is 0. The third-order valence-corrected chi connectivity index (χ3v) is 4.73. The van der Waals surface area contributed by atoms with E-state index in [1.165, 1.54) is 0 Å². The van der Waals surface area contributed by atoms with Crippen LogP contribution in [0.5, 0.6) is 0 Å². The fraction of sp³-hybridized carbons (Fsp3) is 0.208. The van der Waals surface area contributed by atoms with Gasteiger partial charge in [0.1, 0.15) is 17.2 Å². The third kappa shape index (κ3) is 4.14. The van der Waals surface area contributed by atoms with E-state index in [0.717, 1.165) is 16.8 Å². The number of nitrogen functional groups attached to an aromatic ring is 1. The first-order valence-electron chi connectivity index (χ1n) is 10.1. The maximum absolute atomic E-state index is 12.8. The van der Waals surface area contributed by atoms with E-state index in [0.29, 0.717) is 28.3 Å². The van der Waals surface area contributed by atoms with Gasteiger partial charge in [0.15, 0.2) is 5.65 Å². The van der Waals surface area contributed by atoms with Crippen LogP contribution in [0.3, 0.4) is 0 Å². The van der Waals surface area contributed by atoms with Gasteiger partial charge in [-0.15, -0.1) is 0 Å². The van der Waals surface area contributed by atoms with Gasteiger partial charge in [0.05, 0.1) is 17.2 Å². The number of benzene rings is 1. The summed E-state index contributed by atoms with van der Waals surface area (Å²) in [6, 6.07) is 14.7. The van der Waals surface area contributed by atoms with Crippen LogP contribution in [0.4, 0.5) is 5.82 Å². The lowest BCUT2D eigenvalue weighted by Crippen LogP contribution is -2.40.